The third-order valence-electron chi connectivity index (χ3n) is 3.28. The van der Waals surface area contributed by atoms with Crippen LogP contribution in [-0.4, -0.2) is 38.2 Å². The Bertz CT molecular complexity index is 337. The molecule has 102 valence electrons. The van der Waals surface area contributed by atoms with E-state index in [1.165, 1.54) is 5.56 Å². The molecule has 0 aliphatic carbocycles. The van der Waals surface area contributed by atoms with Gasteiger partial charge in [0.1, 0.15) is 5.75 Å². The van der Waals surface area contributed by atoms with Crippen molar-refractivity contribution in [2.24, 2.45) is 0 Å². The van der Waals surface area contributed by atoms with E-state index in [-0.39, 0.29) is 0 Å². The SMILES string of the molecule is CCNC(CN(CC)CC)c1cccc(OC)c1. The van der Waals surface area contributed by atoms with Crippen LogP contribution in [0, 0.1) is 0 Å². The van der Waals surface area contributed by atoms with Crippen molar-refractivity contribution in [3.05, 3.63) is 29.8 Å². The molecule has 0 aromatic heterocycles. The number of hydrogen-bond donors (Lipinski definition) is 1. The topological polar surface area (TPSA) is 24.5 Å². The van der Waals surface area contributed by atoms with Gasteiger partial charge in [-0.1, -0.05) is 32.9 Å². The van der Waals surface area contributed by atoms with Crippen LogP contribution in [0.15, 0.2) is 24.3 Å². The first-order chi connectivity index (χ1) is 8.74. The molecule has 0 aliphatic rings. The van der Waals surface area contributed by atoms with E-state index < -0.39 is 0 Å². The summed E-state index contributed by atoms with van der Waals surface area (Å²) in [6, 6.07) is 8.70. The molecule has 0 radical (unpaired) electrons. The Morgan fingerprint density at radius 2 is 1.94 bits per heavy atom. The number of benzene rings is 1. The van der Waals surface area contributed by atoms with Gasteiger partial charge in [-0.3, -0.25) is 0 Å². The molecule has 1 unspecified atom stereocenters. The predicted molar refractivity (Wildman–Crippen MR) is 77.2 cm³/mol. The lowest BCUT2D eigenvalue weighted by molar-refractivity contribution is 0.267. The van der Waals surface area contributed by atoms with E-state index in [2.05, 4.69) is 49.2 Å². The van der Waals surface area contributed by atoms with E-state index in [9.17, 15) is 0 Å². The highest BCUT2D eigenvalue weighted by Crippen LogP contribution is 2.20. The van der Waals surface area contributed by atoms with Crippen LogP contribution in [0.4, 0.5) is 0 Å². The number of methoxy groups -OCH3 is 1. The Hall–Kier alpha value is -1.06. The van der Waals surface area contributed by atoms with Crippen LogP contribution in [0.5, 0.6) is 5.75 Å². The molecule has 1 rings (SSSR count). The van der Waals surface area contributed by atoms with Gasteiger partial charge in [-0.2, -0.15) is 0 Å². The quantitative estimate of drug-likeness (QED) is 0.767. The first-order valence-corrected chi connectivity index (χ1v) is 6.84. The Morgan fingerprint density at radius 1 is 1.22 bits per heavy atom. The summed E-state index contributed by atoms with van der Waals surface area (Å²) in [7, 11) is 1.71. The van der Waals surface area contributed by atoms with Crippen molar-refractivity contribution < 1.29 is 4.74 Å². The second kappa shape index (κ2) is 8.11. The zero-order chi connectivity index (χ0) is 13.4. The van der Waals surface area contributed by atoms with Crippen LogP contribution in [0.2, 0.25) is 0 Å². The van der Waals surface area contributed by atoms with E-state index in [0.29, 0.717) is 6.04 Å². The molecular formula is C15H26N2O. The maximum absolute atomic E-state index is 5.30. The first kappa shape index (κ1) is 15.0. The smallest absolute Gasteiger partial charge is 0.119 e. The average Bonchev–Trinajstić information content (AvgIpc) is 2.43. The van der Waals surface area contributed by atoms with Crippen molar-refractivity contribution >= 4 is 0 Å². The predicted octanol–water partition coefficient (Wildman–Crippen LogP) is 2.69. The highest BCUT2D eigenvalue weighted by molar-refractivity contribution is 5.30. The van der Waals surface area contributed by atoms with Gasteiger partial charge in [-0.25, -0.2) is 0 Å². The van der Waals surface area contributed by atoms with Crippen LogP contribution in [0.3, 0.4) is 0 Å². The van der Waals surface area contributed by atoms with E-state index >= 15 is 0 Å². The third kappa shape index (κ3) is 4.31. The van der Waals surface area contributed by atoms with Gasteiger partial charge < -0.3 is 15.0 Å². The summed E-state index contributed by atoms with van der Waals surface area (Å²) in [4.78, 5) is 2.44. The summed E-state index contributed by atoms with van der Waals surface area (Å²) in [5, 5.41) is 3.55. The Kier molecular flexibility index (Phi) is 6.76. The zero-order valence-corrected chi connectivity index (χ0v) is 12.1. The molecule has 0 saturated carbocycles. The summed E-state index contributed by atoms with van der Waals surface area (Å²) in [5.74, 6) is 0.926. The maximum atomic E-state index is 5.30. The second-order valence-corrected chi connectivity index (χ2v) is 4.37. The van der Waals surface area contributed by atoms with Crippen molar-refractivity contribution in [2.45, 2.75) is 26.8 Å². The highest BCUT2D eigenvalue weighted by Gasteiger charge is 2.13. The van der Waals surface area contributed by atoms with Gasteiger partial charge in [-0.15, -0.1) is 0 Å². The number of rotatable bonds is 8. The molecule has 1 aromatic carbocycles. The lowest BCUT2D eigenvalue weighted by Gasteiger charge is -2.26. The minimum absolute atomic E-state index is 0.366. The molecule has 0 bridgehead atoms. The van der Waals surface area contributed by atoms with Crippen LogP contribution < -0.4 is 10.1 Å². The van der Waals surface area contributed by atoms with Crippen LogP contribution in [-0.2, 0) is 0 Å². The van der Waals surface area contributed by atoms with Gasteiger partial charge in [0.15, 0.2) is 0 Å². The van der Waals surface area contributed by atoms with Crippen molar-refractivity contribution in [1.82, 2.24) is 10.2 Å². The summed E-state index contributed by atoms with van der Waals surface area (Å²) in [6.45, 7) is 10.7. The number of ether oxygens (including phenoxy) is 1. The standard InChI is InChI=1S/C15H26N2O/c1-5-16-15(12-17(6-2)7-3)13-9-8-10-14(11-13)18-4/h8-11,15-16H,5-7,12H2,1-4H3. The average molecular weight is 250 g/mol. The summed E-state index contributed by atoms with van der Waals surface area (Å²) < 4.78 is 5.30. The Labute approximate surface area is 111 Å². The van der Waals surface area contributed by atoms with Crippen molar-refractivity contribution in [1.29, 1.82) is 0 Å². The molecule has 0 saturated heterocycles. The molecule has 0 heterocycles. The monoisotopic (exact) mass is 250 g/mol. The fourth-order valence-electron chi connectivity index (χ4n) is 2.13. The molecular weight excluding hydrogens is 224 g/mol. The Morgan fingerprint density at radius 3 is 2.50 bits per heavy atom. The van der Waals surface area contributed by atoms with Crippen molar-refractivity contribution in [3.63, 3.8) is 0 Å². The Balaban J connectivity index is 2.81. The van der Waals surface area contributed by atoms with Gasteiger partial charge >= 0.3 is 0 Å². The van der Waals surface area contributed by atoms with Gasteiger partial charge in [0.25, 0.3) is 0 Å². The summed E-state index contributed by atoms with van der Waals surface area (Å²) >= 11 is 0. The second-order valence-electron chi connectivity index (χ2n) is 4.37. The van der Waals surface area contributed by atoms with E-state index in [1.807, 2.05) is 6.07 Å². The molecule has 0 fully saturated rings. The van der Waals surface area contributed by atoms with E-state index in [0.717, 1.165) is 31.9 Å². The van der Waals surface area contributed by atoms with E-state index in [4.69, 9.17) is 4.74 Å². The molecule has 3 nitrogen and oxygen atoms in total. The largest absolute Gasteiger partial charge is 0.497 e. The van der Waals surface area contributed by atoms with Crippen molar-refractivity contribution in [3.8, 4) is 5.75 Å². The number of nitrogens with one attached hydrogen (secondary N) is 1. The number of hydrogen-bond acceptors (Lipinski definition) is 3. The minimum Gasteiger partial charge on any atom is -0.497 e. The van der Waals surface area contributed by atoms with Gasteiger partial charge in [0.05, 0.1) is 7.11 Å². The first-order valence-electron chi connectivity index (χ1n) is 6.84. The molecule has 1 aromatic rings. The zero-order valence-electron chi connectivity index (χ0n) is 12.1. The normalized spacial score (nSPS) is 12.7. The van der Waals surface area contributed by atoms with Gasteiger partial charge in [0, 0.05) is 12.6 Å². The van der Waals surface area contributed by atoms with Crippen LogP contribution in [0.25, 0.3) is 0 Å². The molecule has 1 N–H and O–H groups in total. The van der Waals surface area contributed by atoms with Crippen molar-refractivity contribution in [2.75, 3.05) is 33.3 Å². The third-order valence-corrected chi connectivity index (χ3v) is 3.28. The molecule has 1 atom stereocenters. The van der Waals surface area contributed by atoms with Gasteiger partial charge in [-0.05, 0) is 37.3 Å². The van der Waals surface area contributed by atoms with Gasteiger partial charge in [0.2, 0.25) is 0 Å². The highest BCUT2D eigenvalue weighted by atomic mass is 16.5. The summed E-state index contributed by atoms with van der Waals surface area (Å²) in [5.41, 5.74) is 1.29. The fraction of sp³-hybridized carbons (Fsp3) is 0.600. The molecule has 3 heteroatoms. The molecule has 18 heavy (non-hydrogen) atoms. The van der Waals surface area contributed by atoms with Crippen LogP contribution in [0.1, 0.15) is 32.4 Å². The summed E-state index contributed by atoms with van der Waals surface area (Å²) in [6.07, 6.45) is 0. The molecule has 0 amide bonds. The molecule has 0 aliphatic heterocycles. The maximum Gasteiger partial charge on any atom is 0.119 e. The fourth-order valence-corrected chi connectivity index (χ4v) is 2.13. The number of nitrogens with zero attached hydrogens (tertiary/aromatic N) is 1. The lowest BCUT2D eigenvalue weighted by atomic mass is 10.1. The van der Waals surface area contributed by atoms with Crippen LogP contribution >= 0.6 is 0 Å². The minimum atomic E-state index is 0.366. The molecule has 0 spiro atoms. The lowest BCUT2D eigenvalue weighted by Crippen LogP contribution is -2.35. The number of likely N-dealkylation sites (N-methyl/N-ethyl adjacent to an activating group) is 2. The van der Waals surface area contributed by atoms with E-state index in [1.54, 1.807) is 7.11 Å².